The molecule has 1 heterocycles. The number of alkyl halides is 1. The molecular weight excluding hydrogens is 255 g/mol. The molecule has 0 aliphatic carbocycles. The Bertz CT molecular complexity index is 462. The van der Waals surface area contributed by atoms with Gasteiger partial charge in [-0.3, -0.25) is 0 Å². The summed E-state index contributed by atoms with van der Waals surface area (Å²) in [6.07, 6.45) is 2.04. The summed E-state index contributed by atoms with van der Waals surface area (Å²) in [5.41, 5.74) is 1.20. The lowest BCUT2D eigenvalue weighted by molar-refractivity contribution is 1.31. The summed E-state index contributed by atoms with van der Waals surface area (Å²) in [5.74, 6) is 0.546. The summed E-state index contributed by atoms with van der Waals surface area (Å²) in [5, 5.41) is 3.99. The monoisotopic (exact) mass is 262 g/mol. The highest BCUT2D eigenvalue weighted by atomic mass is 35.5. The predicted octanol–water partition coefficient (Wildman–Crippen LogP) is 5.02. The van der Waals surface area contributed by atoms with Crippen molar-refractivity contribution < 1.29 is 0 Å². The highest BCUT2D eigenvalue weighted by Crippen LogP contribution is 2.37. The third kappa shape index (κ3) is 1.65. The van der Waals surface area contributed by atoms with E-state index in [1.54, 1.807) is 23.1 Å². The molecule has 0 nitrogen and oxygen atoms in total. The summed E-state index contributed by atoms with van der Waals surface area (Å²) >= 11 is 15.5. The maximum Gasteiger partial charge on any atom is 0.0504 e. The molecule has 0 radical (unpaired) electrons. The van der Waals surface area contributed by atoms with Gasteiger partial charge >= 0.3 is 0 Å². The predicted molar refractivity (Wildman–Crippen MR) is 68.2 cm³/mol. The molecule has 0 aliphatic heterocycles. The number of thiophene rings is 1. The zero-order valence-electron chi connectivity index (χ0n) is 7.51. The maximum atomic E-state index is 6.16. The second-order valence-corrected chi connectivity index (χ2v) is 5.27. The van der Waals surface area contributed by atoms with Crippen LogP contribution >= 0.6 is 46.3 Å². The minimum Gasteiger partial charge on any atom is -0.143 e. The number of halogens is 2. The van der Waals surface area contributed by atoms with E-state index in [0.717, 1.165) is 10.4 Å². The normalized spacial score (nSPS) is 11.1. The number of fused-ring (bicyclic) bond motifs is 1. The van der Waals surface area contributed by atoms with Gasteiger partial charge in [0.15, 0.2) is 0 Å². The van der Waals surface area contributed by atoms with Gasteiger partial charge in [0.2, 0.25) is 0 Å². The van der Waals surface area contributed by atoms with E-state index < -0.39 is 0 Å². The zero-order valence-corrected chi connectivity index (χ0v) is 10.7. The molecule has 0 amide bonds. The van der Waals surface area contributed by atoms with Crippen molar-refractivity contribution >= 4 is 56.4 Å². The van der Waals surface area contributed by atoms with E-state index in [1.807, 2.05) is 18.4 Å². The van der Waals surface area contributed by atoms with Gasteiger partial charge in [0.05, 0.1) is 5.02 Å². The van der Waals surface area contributed by atoms with Crippen LogP contribution in [-0.4, -0.2) is 6.26 Å². The van der Waals surface area contributed by atoms with Crippen LogP contribution in [0.2, 0.25) is 5.02 Å². The van der Waals surface area contributed by atoms with Gasteiger partial charge in [0.25, 0.3) is 0 Å². The largest absolute Gasteiger partial charge is 0.143 e. The Kier molecular flexibility index (Phi) is 3.27. The van der Waals surface area contributed by atoms with Crippen molar-refractivity contribution in [3.8, 4) is 0 Å². The summed E-state index contributed by atoms with van der Waals surface area (Å²) in [6.45, 7) is 0. The molecule has 2 rings (SSSR count). The second-order valence-electron chi connectivity index (χ2n) is 2.84. The minimum absolute atomic E-state index is 0.546. The molecule has 14 heavy (non-hydrogen) atoms. The number of hydrogen-bond acceptors (Lipinski definition) is 2. The zero-order chi connectivity index (χ0) is 10.1. The van der Waals surface area contributed by atoms with Crippen molar-refractivity contribution in [3.05, 3.63) is 28.1 Å². The molecule has 2 aromatic rings. The molecule has 74 valence electrons. The SMILES string of the molecule is CSc1cc(Cl)c2ccsc2c1CCl. The number of hydrogen-bond donors (Lipinski definition) is 0. The first kappa shape index (κ1) is 10.6. The molecule has 0 unspecified atom stereocenters. The van der Waals surface area contributed by atoms with E-state index in [0.29, 0.717) is 5.88 Å². The van der Waals surface area contributed by atoms with Crippen molar-refractivity contribution in [2.45, 2.75) is 10.8 Å². The Morgan fingerprint density at radius 3 is 2.93 bits per heavy atom. The second kappa shape index (κ2) is 4.31. The number of thioether (sulfide) groups is 1. The van der Waals surface area contributed by atoms with Crippen LogP contribution in [0, 0.1) is 0 Å². The van der Waals surface area contributed by atoms with Gasteiger partial charge in [0.1, 0.15) is 0 Å². The molecule has 0 saturated heterocycles. The summed E-state index contributed by atoms with van der Waals surface area (Å²) < 4.78 is 1.22. The summed E-state index contributed by atoms with van der Waals surface area (Å²) in [7, 11) is 0. The van der Waals surface area contributed by atoms with Crippen molar-refractivity contribution in [3.63, 3.8) is 0 Å². The molecule has 0 aliphatic rings. The molecule has 0 atom stereocenters. The minimum atomic E-state index is 0.546. The fraction of sp³-hybridized carbons (Fsp3) is 0.200. The average Bonchev–Trinajstić information content (AvgIpc) is 2.66. The fourth-order valence-electron chi connectivity index (χ4n) is 1.43. The Labute approximate surface area is 101 Å². The van der Waals surface area contributed by atoms with Crippen LogP contribution < -0.4 is 0 Å². The highest BCUT2D eigenvalue weighted by molar-refractivity contribution is 7.98. The molecule has 1 aromatic carbocycles. The Balaban J connectivity index is 2.82. The lowest BCUT2D eigenvalue weighted by Gasteiger charge is -2.06. The van der Waals surface area contributed by atoms with Gasteiger partial charge in [-0.25, -0.2) is 0 Å². The Morgan fingerprint density at radius 1 is 1.50 bits per heavy atom. The van der Waals surface area contributed by atoms with Gasteiger partial charge in [0, 0.05) is 20.9 Å². The van der Waals surface area contributed by atoms with Gasteiger partial charge in [-0.2, -0.15) is 0 Å². The Morgan fingerprint density at radius 2 is 2.29 bits per heavy atom. The van der Waals surface area contributed by atoms with Crippen LogP contribution in [0.1, 0.15) is 5.56 Å². The summed E-state index contributed by atoms with van der Waals surface area (Å²) in [6, 6.07) is 4.04. The van der Waals surface area contributed by atoms with E-state index in [2.05, 4.69) is 5.38 Å². The highest BCUT2D eigenvalue weighted by Gasteiger charge is 2.10. The van der Waals surface area contributed by atoms with E-state index in [-0.39, 0.29) is 0 Å². The molecule has 0 N–H and O–H groups in total. The third-order valence-corrected chi connectivity index (χ3v) is 4.46. The third-order valence-electron chi connectivity index (χ3n) is 2.11. The standard InChI is InChI=1S/C10H8Cl2S2/c1-13-9-4-8(12)6-2-3-14-10(6)7(9)5-11/h2-4H,5H2,1H3. The van der Waals surface area contributed by atoms with Crippen LogP contribution in [0.4, 0.5) is 0 Å². The van der Waals surface area contributed by atoms with Crippen LogP contribution in [0.15, 0.2) is 22.4 Å². The average molecular weight is 263 g/mol. The molecule has 4 heteroatoms. The quantitative estimate of drug-likeness (QED) is 0.541. The van der Waals surface area contributed by atoms with E-state index in [9.17, 15) is 0 Å². The fourth-order valence-corrected chi connectivity index (χ4v) is 3.95. The van der Waals surface area contributed by atoms with Crippen LogP contribution in [-0.2, 0) is 5.88 Å². The number of benzene rings is 1. The van der Waals surface area contributed by atoms with Crippen molar-refractivity contribution in [2.75, 3.05) is 6.26 Å². The van der Waals surface area contributed by atoms with Crippen LogP contribution in [0.25, 0.3) is 10.1 Å². The molecular formula is C10H8Cl2S2. The van der Waals surface area contributed by atoms with Gasteiger partial charge < -0.3 is 0 Å². The summed E-state index contributed by atoms with van der Waals surface area (Å²) in [4.78, 5) is 1.18. The van der Waals surface area contributed by atoms with Crippen molar-refractivity contribution in [1.82, 2.24) is 0 Å². The van der Waals surface area contributed by atoms with Gasteiger partial charge in [-0.1, -0.05) is 11.6 Å². The molecule has 1 aromatic heterocycles. The van der Waals surface area contributed by atoms with Gasteiger partial charge in [-0.15, -0.1) is 34.7 Å². The number of rotatable bonds is 2. The molecule has 0 bridgehead atoms. The van der Waals surface area contributed by atoms with Gasteiger partial charge in [-0.05, 0) is 29.3 Å². The lowest BCUT2D eigenvalue weighted by atomic mass is 10.2. The van der Waals surface area contributed by atoms with Crippen LogP contribution in [0.5, 0.6) is 0 Å². The first-order chi connectivity index (χ1) is 6.77. The smallest absolute Gasteiger partial charge is 0.0504 e. The Hall–Kier alpha value is 0.110. The van der Waals surface area contributed by atoms with Crippen molar-refractivity contribution in [1.29, 1.82) is 0 Å². The van der Waals surface area contributed by atoms with E-state index in [4.69, 9.17) is 23.2 Å². The molecule has 0 spiro atoms. The first-order valence-corrected chi connectivity index (χ1v) is 7.08. The lowest BCUT2D eigenvalue weighted by Crippen LogP contribution is -1.84. The van der Waals surface area contributed by atoms with Crippen LogP contribution in [0.3, 0.4) is 0 Å². The van der Waals surface area contributed by atoms with E-state index in [1.165, 1.54) is 15.2 Å². The first-order valence-electron chi connectivity index (χ1n) is 4.06. The van der Waals surface area contributed by atoms with E-state index >= 15 is 0 Å². The maximum absolute atomic E-state index is 6.16. The topological polar surface area (TPSA) is 0 Å². The molecule has 0 fully saturated rings. The van der Waals surface area contributed by atoms with Crippen molar-refractivity contribution in [2.24, 2.45) is 0 Å². The molecule has 0 saturated carbocycles.